The first-order valence-electron chi connectivity index (χ1n) is 6.49. The lowest BCUT2D eigenvalue weighted by Crippen LogP contribution is -2.68. The number of carbonyl (C=O) groups is 2. The van der Waals surface area contributed by atoms with Crippen molar-refractivity contribution < 1.29 is 9.59 Å². The van der Waals surface area contributed by atoms with Gasteiger partial charge in [0.15, 0.2) is 0 Å². The zero-order chi connectivity index (χ0) is 13.9. The van der Waals surface area contributed by atoms with E-state index in [9.17, 15) is 9.59 Å². The van der Waals surface area contributed by atoms with Crippen molar-refractivity contribution in [1.29, 1.82) is 0 Å². The van der Waals surface area contributed by atoms with E-state index in [1.54, 1.807) is 30.5 Å². The summed E-state index contributed by atoms with van der Waals surface area (Å²) in [5.74, 6) is 0.00107. The summed E-state index contributed by atoms with van der Waals surface area (Å²) in [6.45, 7) is 8.29. The average Bonchev–Trinajstić information content (AvgIpc) is 2.30. The molecule has 0 aromatic rings. The second kappa shape index (κ2) is 5.95. The predicted molar refractivity (Wildman–Crippen MR) is 75.6 cm³/mol. The van der Waals surface area contributed by atoms with Gasteiger partial charge in [-0.15, -0.1) is 0 Å². The van der Waals surface area contributed by atoms with Gasteiger partial charge in [-0.1, -0.05) is 13.8 Å². The number of piperazine rings is 1. The molecule has 0 aliphatic carbocycles. The van der Waals surface area contributed by atoms with Crippen LogP contribution in [-0.4, -0.2) is 46.3 Å². The quantitative estimate of drug-likeness (QED) is 0.828. The number of hydrogen-bond acceptors (Lipinski definition) is 3. The molecule has 1 fully saturated rings. The first-order chi connectivity index (χ1) is 8.33. The molecule has 1 aliphatic heterocycles. The third kappa shape index (κ3) is 3.19. The van der Waals surface area contributed by atoms with Crippen LogP contribution in [0.3, 0.4) is 0 Å². The summed E-state index contributed by atoms with van der Waals surface area (Å²) in [5.41, 5.74) is -0.772. The fourth-order valence-corrected chi connectivity index (χ4v) is 2.53. The summed E-state index contributed by atoms with van der Waals surface area (Å²) in [5, 5.41) is 3.31. The molecular formula is C13H24N2O2S. The monoisotopic (exact) mass is 272 g/mol. The van der Waals surface area contributed by atoms with Gasteiger partial charge in [0.2, 0.25) is 11.8 Å². The fourth-order valence-electron chi connectivity index (χ4n) is 2.19. The van der Waals surface area contributed by atoms with Gasteiger partial charge in [0.25, 0.3) is 0 Å². The Balaban J connectivity index is 2.81. The van der Waals surface area contributed by atoms with Crippen LogP contribution in [-0.2, 0) is 9.59 Å². The topological polar surface area (TPSA) is 49.4 Å². The molecule has 4 nitrogen and oxygen atoms in total. The van der Waals surface area contributed by atoms with E-state index in [1.807, 2.05) is 6.92 Å². The third-order valence-corrected chi connectivity index (χ3v) is 4.52. The van der Waals surface area contributed by atoms with E-state index < -0.39 is 5.54 Å². The second-order valence-electron chi connectivity index (χ2n) is 5.37. The number of rotatable bonds is 5. The maximum absolute atomic E-state index is 12.4. The molecule has 104 valence electrons. The van der Waals surface area contributed by atoms with Crippen LogP contribution >= 0.6 is 11.8 Å². The van der Waals surface area contributed by atoms with Crippen LogP contribution < -0.4 is 5.32 Å². The smallest absolute Gasteiger partial charge is 0.248 e. The highest BCUT2D eigenvalue weighted by molar-refractivity contribution is 7.99. The number of hydrogen-bond donors (Lipinski definition) is 1. The molecule has 0 aromatic carbocycles. The molecular weight excluding hydrogens is 248 g/mol. The fraction of sp³-hybridized carbons (Fsp3) is 0.846. The molecule has 2 amide bonds. The maximum atomic E-state index is 12.4. The lowest BCUT2D eigenvalue weighted by Gasteiger charge is -2.42. The average molecular weight is 272 g/mol. The first kappa shape index (κ1) is 15.3. The zero-order valence-corrected chi connectivity index (χ0v) is 12.8. The molecule has 1 saturated heterocycles. The molecule has 0 bridgehead atoms. The second-order valence-corrected chi connectivity index (χ2v) is 6.65. The number of carbonyl (C=O) groups excluding carboxylic acids is 2. The molecule has 0 spiro atoms. The lowest BCUT2D eigenvalue weighted by atomic mass is 9.95. The summed E-state index contributed by atoms with van der Waals surface area (Å²) >= 11 is 1.79. The molecule has 1 heterocycles. The van der Waals surface area contributed by atoms with Crippen LogP contribution in [0.25, 0.3) is 0 Å². The maximum Gasteiger partial charge on any atom is 0.248 e. The van der Waals surface area contributed by atoms with Crippen LogP contribution in [0.2, 0.25) is 0 Å². The lowest BCUT2D eigenvalue weighted by molar-refractivity contribution is -0.153. The summed E-state index contributed by atoms with van der Waals surface area (Å²) < 4.78 is 0. The van der Waals surface area contributed by atoms with Crippen molar-refractivity contribution in [2.75, 3.05) is 12.8 Å². The molecule has 0 saturated carbocycles. The summed E-state index contributed by atoms with van der Waals surface area (Å²) in [6.07, 6.45) is 3.66. The summed E-state index contributed by atoms with van der Waals surface area (Å²) in [7, 11) is 0. The van der Waals surface area contributed by atoms with Crippen LogP contribution in [0.4, 0.5) is 0 Å². The molecule has 0 aromatic heterocycles. The molecule has 5 heteroatoms. The highest BCUT2D eigenvalue weighted by Crippen LogP contribution is 2.21. The van der Waals surface area contributed by atoms with Crippen molar-refractivity contribution in [2.45, 2.75) is 57.4 Å². The van der Waals surface area contributed by atoms with Crippen molar-refractivity contribution in [2.24, 2.45) is 0 Å². The Hall–Kier alpha value is -0.710. The van der Waals surface area contributed by atoms with Crippen molar-refractivity contribution in [3.63, 3.8) is 0 Å². The summed E-state index contributed by atoms with van der Waals surface area (Å²) in [4.78, 5) is 26.1. The van der Waals surface area contributed by atoms with Crippen LogP contribution in [0, 0.1) is 0 Å². The Morgan fingerprint density at radius 1 is 1.44 bits per heavy atom. The van der Waals surface area contributed by atoms with Crippen LogP contribution in [0.15, 0.2) is 0 Å². The van der Waals surface area contributed by atoms with E-state index >= 15 is 0 Å². The van der Waals surface area contributed by atoms with Crippen LogP contribution in [0.1, 0.15) is 40.5 Å². The van der Waals surface area contributed by atoms with Crippen molar-refractivity contribution in [3.05, 3.63) is 0 Å². The van der Waals surface area contributed by atoms with E-state index in [0.717, 1.165) is 6.42 Å². The standard InChI is InChI=1S/C13H24N2O2S/c1-6-10-11(16)14-13(3,4)12(17)15(10)8-7-9(2)18-5/h9-10H,6-8H2,1-5H3,(H,14,16). The molecule has 1 N–H and O–H groups in total. The van der Waals surface area contributed by atoms with Crippen molar-refractivity contribution in [3.8, 4) is 0 Å². The minimum absolute atomic E-state index is 0.0288. The SMILES string of the molecule is CCC1C(=O)NC(C)(C)C(=O)N1CCC(C)SC. The zero-order valence-electron chi connectivity index (χ0n) is 11.9. The van der Waals surface area contributed by atoms with Gasteiger partial charge in [-0.25, -0.2) is 0 Å². The highest BCUT2D eigenvalue weighted by Gasteiger charge is 2.44. The van der Waals surface area contributed by atoms with Crippen molar-refractivity contribution in [1.82, 2.24) is 10.2 Å². The molecule has 18 heavy (non-hydrogen) atoms. The highest BCUT2D eigenvalue weighted by atomic mass is 32.2. The first-order valence-corrected chi connectivity index (χ1v) is 7.78. The Morgan fingerprint density at radius 3 is 2.56 bits per heavy atom. The van der Waals surface area contributed by atoms with Gasteiger partial charge in [-0.3, -0.25) is 9.59 Å². The number of nitrogens with zero attached hydrogens (tertiary/aromatic N) is 1. The summed E-state index contributed by atoms with van der Waals surface area (Å²) in [6, 6.07) is -0.306. The normalized spacial score (nSPS) is 24.9. The van der Waals surface area contributed by atoms with Gasteiger partial charge in [0.05, 0.1) is 0 Å². The number of thioether (sulfide) groups is 1. The minimum atomic E-state index is -0.772. The minimum Gasteiger partial charge on any atom is -0.340 e. The van der Waals surface area contributed by atoms with Gasteiger partial charge in [-0.05, 0) is 32.9 Å². The number of nitrogens with one attached hydrogen (secondary N) is 1. The Kier molecular flexibility index (Phi) is 5.08. The van der Waals surface area contributed by atoms with Gasteiger partial charge in [0, 0.05) is 11.8 Å². The van der Waals surface area contributed by atoms with Crippen LogP contribution in [0.5, 0.6) is 0 Å². The van der Waals surface area contributed by atoms with Gasteiger partial charge >= 0.3 is 0 Å². The van der Waals surface area contributed by atoms with E-state index in [1.165, 1.54) is 0 Å². The Morgan fingerprint density at radius 2 is 2.06 bits per heavy atom. The molecule has 2 unspecified atom stereocenters. The van der Waals surface area contributed by atoms with E-state index in [2.05, 4.69) is 18.5 Å². The van der Waals surface area contributed by atoms with E-state index in [0.29, 0.717) is 18.2 Å². The molecule has 2 atom stereocenters. The third-order valence-electron chi connectivity index (χ3n) is 3.48. The predicted octanol–water partition coefficient (Wildman–Crippen LogP) is 1.64. The molecule has 1 rings (SSSR count). The van der Waals surface area contributed by atoms with Gasteiger partial charge in [0.1, 0.15) is 11.6 Å². The van der Waals surface area contributed by atoms with Gasteiger partial charge < -0.3 is 10.2 Å². The van der Waals surface area contributed by atoms with Crippen molar-refractivity contribution >= 4 is 23.6 Å². The Labute approximate surface area is 114 Å². The largest absolute Gasteiger partial charge is 0.340 e. The van der Waals surface area contributed by atoms with E-state index in [4.69, 9.17) is 0 Å². The van der Waals surface area contributed by atoms with Gasteiger partial charge in [-0.2, -0.15) is 11.8 Å². The Bertz CT molecular complexity index is 331. The number of amides is 2. The molecule has 0 radical (unpaired) electrons. The van der Waals surface area contributed by atoms with E-state index in [-0.39, 0.29) is 17.9 Å². The molecule has 1 aliphatic rings.